The maximum Gasteiger partial charge on any atom is 0.229 e. The van der Waals surface area contributed by atoms with Crippen LogP contribution in [0.1, 0.15) is 5.56 Å². The van der Waals surface area contributed by atoms with Gasteiger partial charge in [0.1, 0.15) is 0 Å². The zero-order valence-electron chi connectivity index (χ0n) is 11.3. The van der Waals surface area contributed by atoms with Gasteiger partial charge in [0.25, 0.3) is 0 Å². The maximum absolute atomic E-state index is 5.82. The van der Waals surface area contributed by atoms with Gasteiger partial charge < -0.3 is 9.40 Å². The normalized spacial score (nSPS) is 11.3. The lowest BCUT2D eigenvalue weighted by molar-refractivity contribution is 0.650. The van der Waals surface area contributed by atoms with E-state index < -0.39 is 0 Å². The van der Waals surface area contributed by atoms with Crippen LogP contribution in [0.3, 0.4) is 0 Å². The number of aromatic nitrogens is 3. The molecule has 0 amide bonds. The summed E-state index contributed by atoms with van der Waals surface area (Å²) >= 11 is 5.21. The lowest BCUT2D eigenvalue weighted by Gasteiger charge is -2.02. The van der Waals surface area contributed by atoms with Gasteiger partial charge in [0.15, 0.2) is 10.2 Å². The molecule has 4 aromatic rings. The Bertz CT molecular complexity index is 1020. The van der Waals surface area contributed by atoms with Crippen LogP contribution in [-0.2, 0) is 0 Å². The first-order chi connectivity index (χ1) is 10.2. The highest BCUT2D eigenvalue weighted by molar-refractivity contribution is 7.71. The number of aromatic amines is 1. The van der Waals surface area contributed by atoms with Crippen LogP contribution >= 0.6 is 12.2 Å². The van der Waals surface area contributed by atoms with Crippen LogP contribution in [0, 0.1) is 11.6 Å². The summed E-state index contributed by atoms with van der Waals surface area (Å²) in [4.78, 5) is 11.8. The smallest absolute Gasteiger partial charge is 0.229 e. The van der Waals surface area contributed by atoms with Gasteiger partial charge in [-0.2, -0.15) is 0 Å². The summed E-state index contributed by atoms with van der Waals surface area (Å²) in [6.45, 7) is 2.04. The number of furan rings is 1. The van der Waals surface area contributed by atoms with Crippen molar-refractivity contribution in [1.29, 1.82) is 0 Å². The molecule has 0 aliphatic heterocycles. The summed E-state index contributed by atoms with van der Waals surface area (Å²) in [6.07, 6.45) is 1.59. The molecule has 0 fully saturated rings. The molecule has 0 radical (unpaired) electrons. The third-order valence-corrected chi connectivity index (χ3v) is 3.80. The zero-order valence-corrected chi connectivity index (χ0v) is 12.1. The van der Waals surface area contributed by atoms with Gasteiger partial charge in [-0.15, -0.1) is 0 Å². The van der Waals surface area contributed by atoms with Gasteiger partial charge in [-0.1, -0.05) is 42.5 Å². The summed E-state index contributed by atoms with van der Waals surface area (Å²) in [5.41, 5.74) is 5.06. The van der Waals surface area contributed by atoms with Crippen molar-refractivity contribution in [1.82, 2.24) is 15.0 Å². The molecule has 3 heterocycles. The molecular weight excluding hydrogens is 282 g/mol. The van der Waals surface area contributed by atoms with E-state index in [1.54, 1.807) is 6.33 Å². The molecule has 3 aromatic heterocycles. The Kier molecular flexibility index (Phi) is 2.62. The van der Waals surface area contributed by atoms with Crippen molar-refractivity contribution in [3.63, 3.8) is 0 Å². The first-order valence-corrected chi connectivity index (χ1v) is 6.98. The molecule has 0 bridgehead atoms. The molecule has 4 nitrogen and oxygen atoms in total. The quantitative estimate of drug-likeness (QED) is 0.528. The largest absolute Gasteiger partial charge is 0.433 e. The number of fused-ring (bicyclic) bond motifs is 3. The Morgan fingerprint density at radius 2 is 2.00 bits per heavy atom. The fraction of sp³-hybridized carbons (Fsp3) is 0.0625. The molecule has 0 saturated heterocycles. The van der Waals surface area contributed by atoms with Crippen LogP contribution in [0.5, 0.6) is 0 Å². The monoisotopic (exact) mass is 293 g/mol. The molecule has 0 unspecified atom stereocenters. The average molecular weight is 293 g/mol. The van der Waals surface area contributed by atoms with Gasteiger partial charge in [0, 0.05) is 5.56 Å². The van der Waals surface area contributed by atoms with E-state index in [-0.39, 0.29) is 0 Å². The third-order valence-electron chi connectivity index (χ3n) is 3.51. The summed E-state index contributed by atoms with van der Waals surface area (Å²) in [5, 5.41) is 0.957. The van der Waals surface area contributed by atoms with Crippen molar-refractivity contribution in [3.05, 3.63) is 52.9 Å². The Morgan fingerprint density at radius 3 is 2.81 bits per heavy atom. The van der Waals surface area contributed by atoms with Crippen LogP contribution in [0.2, 0.25) is 0 Å². The molecule has 0 saturated carbocycles. The fourth-order valence-electron chi connectivity index (χ4n) is 2.54. The Labute approximate surface area is 125 Å². The van der Waals surface area contributed by atoms with E-state index in [4.69, 9.17) is 16.6 Å². The van der Waals surface area contributed by atoms with Gasteiger partial charge in [-0.3, -0.25) is 0 Å². The number of hydrogen-bond donors (Lipinski definition) is 1. The van der Waals surface area contributed by atoms with Crippen LogP contribution in [0.4, 0.5) is 0 Å². The van der Waals surface area contributed by atoms with Crippen molar-refractivity contribution >= 4 is 34.4 Å². The number of benzene rings is 1. The Morgan fingerprint density at radius 1 is 1.19 bits per heavy atom. The van der Waals surface area contributed by atoms with Gasteiger partial charge in [-0.25, -0.2) is 9.97 Å². The van der Waals surface area contributed by atoms with Gasteiger partial charge in [-0.05, 0) is 18.6 Å². The zero-order chi connectivity index (χ0) is 14.4. The van der Waals surface area contributed by atoms with Crippen molar-refractivity contribution in [2.24, 2.45) is 0 Å². The topological polar surface area (TPSA) is 54.7 Å². The van der Waals surface area contributed by atoms with E-state index in [0.29, 0.717) is 15.9 Å². The Balaban J connectivity index is 2.10. The average Bonchev–Trinajstić information content (AvgIpc) is 2.89. The summed E-state index contributed by atoms with van der Waals surface area (Å²) in [5.74, 6) is 0. The van der Waals surface area contributed by atoms with Gasteiger partial charge >= 0.3 is 0 Å². The second-order valence-corrected chi connectivity index (χ2v) is 5.27. The molecule has 1 aromatic carbocycles. The second-order valence-electron chi connectivity index (χ2n) is 4.88. The summed E-state index contributed by atoms with van der Waals surface area (Å²) in [7, 11) is 0. The van der Waals surface area contributed by atoms with E-state index in [2.05, 4.69) is 21.0 Å². The van der Waals surface area contributed by atoms with Crippen molar-refractivity contribution in [2.45, 2.75) is 6.92 Å². The van der Waals surface area contributed by atoms with Crippen LogP contribution < -0.4 is 0 Å². The summed E-state index contributed by atoms with van der Waals surface area (Å²) < 4.78 is 6.26. The molecule has 21 heavy (non-hydrogen) atoms. The number of hydrogen-bond acceptors (Lipinski definition) is 4. The standard InChI is InChI=1S/C16H11N3OS/c1-9-7-11(10-5-3-2-4-6-10)19-15-12(9)13-14(20-15)16(21)18-8-17-13/h2-8H,1H3,(H,17,18,21). The molecule has 5 heteroatoms. The number of nitrogens with one attached hydrogen (secondary N) is 1. The fourth-order valence-corrected chi connectivity index (χ4v) is 2.74. The second kappa shape index (κ2) is 4.49. The van der Waals surface area contributed by atoms with E-state index in [1.165, 1.54) is 0 Å². The maximum atomic E-state index is 5.82. The lowest BCUT2D eigenvalue weighted by Crippen LogP contribution is -1.87. The minimum atomic E-state index is 0.447. The van der Waals surface area contributed by atoms with Gasteiger partial charge in [0.2, 0.25) is 5.71 Å². The third kappa shape index (κ3) is 1.86. The molecular formula is C16H11N3OS. The molecule has 0 spiro atoms. The van der Waals surface area contributed by atoms with E-state index in [1.807, 2.05) is 37.3 Å². The molecule has 4 rings (SSSR count). The van der Waals surface area contributed by atoms with Crippen molar-refractivity contribution in [2.75, 3.05) is 0 Å². The molecule has 0 aliphatic rings. The minimum absolute atomic E-state index is 0.447. The first-order valence-electron chi connectivity index (χ1n) is 6.57. The SMILES string of the molecule is Cc1cc(-c2ccccc2)nc2oc3c(=S)nc[nH]c3c12. The number of pyridine rings is 1. The van der Waals surface area contributed by atoms with Gasteiger partial charge in [0.05, 0.1) is 22.9 Å². The van der Waals surface area contributed by atoms with Crippen LogP contribution in [-0.4, -0.2) is 15.0 Å². The van der Waals surface area contributed by atoms with Crippen LogP contribution in [0.25, 0.3) is 33.5 Å². The lowest BCUT2D eigenvalue weighted by atomic mass is 10.1. The van der Waals surface area contributed by atoms with E-state index >= 15 is 0 Å². The van der Waals surface area contributed by atoms with E-state index in [0.717, 1.165) is 27.7 Å². The van der Waals surface area contributed by atoms with Crippen molar-refractivity contribution in [3.8, 4) is 11.3 Å². The molecule has 0 aliphatic carbocycles. The number of H-pyrrole nitrogens is 1. The van der Waals surface area contributed by atoms with Crippen molar-refractivity contribution < 1.29 is 4.42 Å². The number of rotatable bonds is 1. The highest BCUT2D eigenvalue weighted by Gasteiger charge is 2.14. The first kappa shape index (κ1) is 12.2. The van der Waals surface area contributed by atoms with E-state index in [9.17, 15) is 0 Å². The molecule has 0 atom stereocenters. The van der Waals surface area contributed by atoms with Crippen LogP contribution in [0.15, 0.2) is 47.1 Å². The molecule has 1 N–H and O–H groups in total. The highest BCUT2D eigenvalue weighted by Crippen LogP contribution is 2.31. The summed E-state index contributed by atoms with van der Waals surface area (Å²) in [6, 6.07) is 12.1. The Hall–Kier alpha value is -2.53. The number of aryl methyl sites for hydroxylation is 1. The minimum Gasteiger partial charge on any atom is -0.433 e. The predicted molar refractivity (Wildman–Crippen MR) is 84.7 cm³/mol. The number of nitrogens with zero attached hydrogens (tertiary/aromatic N) is 2. The molecule has 102 valence electrons. The highest BCUT2D eigenvalue weighted by atomic mass is 32.1. The predicted octanol–water partition coefficient (Wildman–Crippen LogP) is 4.41.